The fourth-order valence-electron chi connectivity index (χ4n) is 2.59. The molecule has 28 heavy (non-hydrogen) atoms. The molecule has 1 amide bonds. The highest BCUT2D eigenvalue weighted by atomic mass is 32.2. The van der Waals surface area contributed by atoms with Crippen molar-refractivity contribution in [3.8, 4) is 5.75 Å². The molecule has 0 bridgehead atoms. The average molecular weight is 396 g/mol. The lowest BCUT2D eigenvalue weighted by Crippen LogP contribution is -2.15. The molecular formula is C21H20N2O4S. The Balaban J connectivity index is 1.71. The van der Waals surface area contributed by atoms with E-state index in [9.17, 15) is 13.2 Å². The predicted octanol–water partition coefficient (Wildman–Crippen LogP) is 4.06. The first-order chi connectivity index (χ1) is 13.4. The minimum atomic E-state index is -3.73. The van der Waals surface area contributed by atoms with Gasteiger partial charge in [-0.2, -0.15) is 0 Å². The van der Waals surface area contributed by atoms with Crippen LogP contribution in [0, 0.1) is 6.92 Å². The summed E-state index contributed by atoms with van der Waals surface area (Å²) in [4.78, 5) is 12.4. The molecule has 0 heterocycles. The summed E-state index contributed by atoms with van der Waals surface area (Å²) in [6.45, 7) is 1.88. The van der Waals surface area contributed by atoms with Crippen molar-refractivity contribution in [2.45, 2.75) is 11.8 Å². The number of hydrogen-bond donors (Lipinski definition) is 2. The molecule has 0 aromatic heterocycles. The Hall–Kier alpha value is -3.32. The van der Waals surface area contributed by atoms with Gasteiger partial charge in [0.05, 0.1) is 12.0 Å². The van der Waals surface area contributed by atoms with E-state index >= 15 is 0 Å². The Morgan fingerprint density at radius 1 is 0.893 bits per heavy atom. The molecule has 3 rings (SSSR count). The molecule has 0 aliphatic rings. The number of nitrogens with one attached hydrogen (secondary N) is 2. The van der Waals surface area contributed by atoms with Gasteiger partial charge < -0.3 is 10.1 Å². The first-order valence-corrected chi connectivity index (χ1v) is 10.0. The first-order valence-electron chi connectivity index (χ1n) is 8.52. The monoisotopic (exact) mass is 396 g/mol. The van der Waals surface area contributed by atoms with E-state index in [4.69, 9.17) is 4.74 Å². The number of benzene rings is 3. The maximum atomic E-state index is 12.5. The van der Waals surface area contributed by atoms with Crippen molar-refractivity contribution >= 4 is 27.3 Å². The largest absolute Gasteiger partial charge is 0.497 e. The number of carbonyl (C=O) groups is 1. The summed E-state index contributed by atoms with van der Waals surface area (Å²) in [5.74, 6) is 0.356. The fraction of sp³-hybridized carbons (Fsp3) is 0.0952. The standard InChI is InChI=1S/C21H20N2O4S/c1-15-4-3-5-18(14-15)23-28(25,26)20-12-6-16(7-13-20)21(24)22-17-8-10-19(27-2)11-9-17/h3-14,23H,1-2H3,(H,22,24). The molecule has 144 valence electrons. The molecule has 0 spiro atoms. The van der Waals surface area contributed by atoms with Gasteiger partial charge in [0, 0.05) is 16.9 Å². The molecule has 0 aliphatic heterocycles. The lowest BCUT2D eigenvalue weighted by molar-refractivity contribution is 0.102. The third-order valence-corrected chi connectivity index (χ3v) is 5.44. The predicted molar refractivity (Wildman–Crippen MR) is 109 cm³/mol. The Labute approximate surface area is 164 Å². The highest BCUT2D eigenvalue weighted by Crippen LogP contribution is 2.19. The Morgan fingerprint density at radius 3 is 2.18 bits per heavy atom. The average Bonchev–Trinajstić information content (AvgIpc) is 2.68. The zero-order valence-corrected chi connectivity index (χ0v) is 16.3. The van der Waals surface area contributed by atoms with Crippen molar-refractivity contribution in [1.29, 1.82) is 0 Å². The van der Waals surface area contributed by atoms with E-state index in [0.717, 1.165) is 5.56 Å². The number of aryl methyl sites for hydroxylation is 1. The zero-order valence-electron chi connectivity index (χ0n) is 15.5. The molecule has 6 nitrogen and oxygen atoms in total. The van der Waals surface area contributed by atoms with Crippen LogP contribution in [0.15, 0.2) is 77.7 Å². The number of methoxy groups -OCH3 is 1. The second-order valence-corrected chi connectivity index (χ2v) is 7.86. The minimum absolute atomic E-state index is 0.0787. The molecule has 0 radical (unpaired) electrons. The van der Waals surface area contributed by atoms with Gasteiger partial charge in [-0.25, -0.2) is 8.42 Å². The Bertz CT molecular complexity index is 1080. The first kappa shape index (κ1) is 19.4. The quantitative estimate of drug-likeness (QED) is 0.658. The van der Waals surface area contributed by atoms with E-state index < -0.39 is 10.0 Å². The van der Waals surface area contributed by atoms with E-state index in [1.807, 2.05) is 13.0 Å². The lowest BCUT2D eigenvalue weighted by atomic mass is 10.2. The normalized spacial score (nSPS) is 10.9. The molecule has 0 saturated heterocycles. The number of carbonyl (C=O) groups excluding carboxylic acids is 1. The number of amides is 1. The van der Waals surface area contributed by atoms with Crippen molar-refractivity contribution in [3.05, 3.63) is 83.9 Å². The van der Waals surface area contributed by atoms with Crippen LogP contribution in [0.25, 0.3) is 0 Å². The number of anilines is 2. The van der Waals surface area contributed by atoms with E-state index in [1.54, 1.807) is 49.6 Å². The number of sulfonamides is 1. The number of hydrogen-bond acceptors (Lipinski definition) is 4. The van der Waals surface area contributed by atoms with Crippen LogP contribution in [0.5, 0.6) is 5.75 Å². The van der Waals surface area contributed by atoms with Crippen molar-refractivity contribution < 1.29 is 17.9 Å². The van der Waals surface area contributed by atoms with Gasteiger partial charge in [-0.1, -0.05) is 12.1 Å². The molecule has 3 aromatic rings. The molecular weight excluding hydrogens is 376 g/mol. The smallest absolute Gasteiger partial charge is 0.261 e. The highest BCUT2D eigenvalue weighted by molar-refractivity contribution is 7.92. The van der Waals surface area contributed by atoms with Gasteiger partial charge in [-0.15, -0.1) is 0 Å². The molecule has 0 saturated carbocycles. The molecule has 7 heteroatoms. The van der Waals surface area contributed by atoms with Gasteiger partial charge in [0.2, 0.25) is 0 Å². The summed E-state index contributed by atoms with van der Waals surface area (Å²) in [5.41, 5.74) is 2.40. The van der Waals surface area contributed by atoms with Gasteiger partial charge in [-0.3, -0.25) is 9.52 Å². The van der Waals surface area contributed by atoms with Gasteiger partial charge in [-0.05, 0) is 73.2 Å². The summed E-state index contributed by atoms with van der Waals surface area (Å²) in [6.07, 6.45) is 0. The molecule has 0 fully saturated rings. The SMILES string of the molecule is COc1ccc(NC(=O)c2ccc(S(=O)(=O)Nc3cccc(C)c3)cc2)cc1. The van der Waals surface area contributed by atoms with Gasteiger partial charge >= 0.3 is 0 Å². The summed E-state index contributed by atoms with van der Waals surface area (Å²) in [5, 5.41) is 2.75. The summed E-state index contributed by atoms with van der Waals surface area (Å²) in [6, 6.07) is 19.8. The minimum Gasteiger partial charge on any atom is -0.497 e. The van der Waals surface area contributed by atoms with E-state index in [0.29, 0.717) is 22.7 Å². The van der Waals surface area contributed by atoms with Crippen LogP contribution >= 0.6 is 0 Å². The van der Waals surface area contributed by atoms with Crippen LogP contribution < -0.4 is 14.8 Å². The van der Waals surface area contributed by atoms with Gasteiger partial charge in [0.1, 0.15) is 5.75 Å². The van der Waals surface area contributed by atoms with Crippen LogP contribution in [0.3, 0.4) is 0 Å². The third-order valence-electron chi connectivity index (χ3n) is 4.04. The Morgan fingerprint density at radius 2 is 1.57 bits per heavy atom. The maximum Gasteiger partial charge on any atom is 0.261 e. The van der Waals surface area contributed by atoms with Crippen LogP contribution in [0.4, 0.5) is 11.4 Å². The lowest BCUT2D eigenvalue weighted by Gasteiger charge is -2.10. The van der Waals surface area contributed by atoms with E-state index in [2.05, 4.69) is 10.0 Å². The maximum absolute atomic E-state index is 12.5. The van der Waals surface area contributed by atoms with Crippen LogP contribution in [0.2, 0.25) is 0 Å². The second-order valence-electron chi connectivity index (χ2n) is 6.18. The zero-order chi connectivity index (χ0) is 20.1. The van der Waals surface area contributed by atoms with Gasteiger partial charge in [0.15, 0.2) is 0 Å². The highest BCUT2D eigenvalue weighted by Gasteiger charge is 2.15. The Kier molecular flexibility index (Phi) is 5.65. The topological polar surface area (TPSA) is 84.5 Å². The van der Waals surface area contributed by atoms with Crippen molar-refractivity contribution in [1.82, 2.24) is 0 Å². The molecule has 0 aliphatic carbocycles. The van der Waals surface area contributed by atoms with E-state index in [-0.39, 0.29) is 10.8 Å². The van der Waals surface area contributed by atoms with Crippen molar-refractivity contribution in [2.75, 3.05) is 17.1 Å². The summed E-state index contributed by atoms with van der Waals surface area (Å²) >= 11 is 0. The van der Waals surface area contributed by atoms with Crippen LogP contribution in [-0.4, -0.2) is 21.4 Å². The summed E-state index contributed by atoms with van der Waals surface area (Å²) in [7, 11) is -2.17. The van der Waals surface area contributed by atoms with E-state index in [1.165, 1.54) is 24.3 Å². The number of ether oxygens (including phenoxy) is 1. The number of rotatable bonds is 6. The molecule has 0 atom stereocenters. The van der Waals surface area contributed by atoms with Crippen molar-refractivity contribution in [3.63, 3.8) is 0 Å². The third kappa shape index (κ3) is 4.69. The van der Waals surface area contributed by atoms with Crippen LogP contribution in [0.1, 0.15) is 15.9 Å². The molecule has 0 unspecified atom stereocenters. The second kappa shape index (κ2) is 8.14. The van der Waals surface area contributed by atoms with Gasteiger partial charge in [0.25, 0.3) is 15.9 Å². The summed E-state index contributed by atoms with van der Waals surface area (Å²) < 4.78 is 32.7. The molecule has 2 N–H and O–H groups in total. The molecule has 3 aromatic carbocycles. The fourth-order valence-corrected chi connectivity index (χ4v) is 3.64. The van der Waals surface area contributed by atoms with Crippen molar-refractivity contribution in [2.24, 2.45) is 0 Å². The van der Waals surface area contributed by atoms with Crippen LogP contribution in [-0.2, 0) is 10.0 Å².